The second kappa shape index (κ2) is 8.99. The molecule has 0 aliphatic carbocycles. The zero-order valence-corrected chi connectivity index (χ0v) is 17.1. The van der Waals surface area contributed by atoms with E-state index in [0.29, 0.717) is 6.54 Å². The summed E-state index contributed by atoms with van der Waals surface area (Å²) in [7, 11) is 0. The van der Waals surface area contributed by atoms with Crippen molar-refractivity contribution in [2.24, 2.45) is 5.73 Å². The van der Waals surface area contributed by atoms with Crippen LogP contribution in [-0.2, 0) is 12.8 Å². The van der Waals surface area contributed by atoms with Gasteiger partial charge in [-0.05, 0) is 73.8 Å². The number of H-pyrrole nitrogens is 1. The molecule has 1 fully saturated rings. The molecule has 0 spiro atoms. The Morgan fingerprint density at radius 1 is 1.00 bits per heavy atom. The number of nitrogens with two attached hydrogens (primary N) is 1. The van der Waals surface area contributed by atoms with Crippen molar-refractivity contribution in [3.63, 3.8) is 0 Å². The molecular formula is C23H29ClN4. The predicted molar refractivity (Wildman–Crippen MR) is 119 cm³/mol. The minimum atomic E-state index is 0.693. The van der Waals surface area contributed by atoms with Gasteiger partial charge in [-0.15, -0.1) is 0 Å². The number of hydrogen-bond acceptors (Lipinski definition) is 3. The van der Waals surface area contributed by atoms with Crippen LogP contribution in [-0.4, -0.2) is 49.2 Å². The van der Waals surface area contributed by atoms with Gasteiger partial charge >= 0.3 is 0 Å². The van der Waals surface area contributed by atoms with E-state index in [9.17, 15) is 0 Å². The van der Waals surface area contributed by atoms with Gasteiger partial charge < -0.3 is 15.6 Å². The summed E-state index contributed by atoms with van der Waals surface area (Å²) >= 11 is 6.13. The summed E-state index contributed by atoms with van der Waals surface area (Å²) in [6.07, 6.45) is 5.35. The lowest BCUT2D eigenvalue weighted by Crippen LogP contribution is -2.46. The number of fused-ring (bicyclic) bond motifs is 1. The smallest absolute Gasteiger partial charge is 0.0456 e. The van der Waals surface area contributed by atoms with Crippen molar-refractivity contribution in [3.05, 3.63) is 64.8 Å². The number of aromatic amines is 1. The van der Waals surface area contributed by atoms with E-state index in [1.165, 1.54) is 34.1 Å². The van der Waals surface area contributed by atoms with Crippen molar-refractivity contribution in [3.8, 4) is 0 Å². The topological polar surface area (TPSA) is 48.3 Å². The fourth-order valence-corrected chi connectivity index (χ4v) is 4.34. The number of nitrogens with zero attached hydrogens (tertiary/aromatic N) is 2. The molecule has 3 N–H and O–H groups in total. The second-order valence-electron chi connectivity index (χ2n) is 7.64. The lowest BCUT2D eigenvalue weighted by Gasteiger charge is -2.36. The Morgan fingerprint density at radius 3 is 2.64 bits per heavy atom. The molecule has 0 amide bonds. The first-order valence-corrected chi connectivity index (χ1v) is 10.6. The fourth-order valence-electron chi connectivity index (χ4n) is 4.15. The SMILES string of the molecule is NCCc1c[nH]c2ccc(CCCN3CCN(c4cccc(Cl)c4)CC3)cc12. The summed E-state index contributed by atoms with van der Waals surface area (Å²) in [4.78, 5) is 8.36. The lowest BCUT2D eigenvalue weighted by atomic mass is 10.0. The van der Waals surface area contributed by atoms with Gasteiger partial charge in [-0.25, -0.2) is 0 Å². The molecule has 1 aliphatic heterocycles. The Bertz CT molecular complexity index is 912. The second-order valence-corrected chi connectivity index (χ2v) is 8.08. The highest BCUT2D eigenvalue weighted by atomic mass is 35.5. The molecule has 2 aromatic carbocycles. The molecule has 0 radical (unpaired) electrons. The van der Waals surface area contributed by atoms with Gasteiger partial charge in [0, 0.05) is 54.0 Å². The van der Waals surface area contributed by atoms with Crippen molar-refractivity contribution < 1.29 is 0 Å². The van der Waals surface area contributed by atoms with Gasteiger partial charge in [0.15, 0.2) is 0 Å². The standard InChI is InChI=1S/C23H29ClN4/c24-20-4-1-5-21(16-20)28-13-11-27(12-14-28)10-2-3-18-6-7-23-22(15-18)19(8-9-25)17-26-23/h1,4-7,15-17,26H,2-3,8-14,25H2. The van der Waals surface area contributed by atoms with Crippen LogP contribution in [0, 0.1) is 0 Å². The molecule has 4 rings (SSSR count). The van der Waals surface area contributed by atoms with Crippen LogP contribution in [0.1, 0.15) is 17.5 Å². The van der Waals surface area contributed by atoms with E-state index < -0.39 is 0 Å². The van der Waals surface area contributed by atoms with E-state index in [1.807, 2.05) is 12.1 Å². The molecule has 0 unspecified atom stereocenters. The molecule has 0 atom stereocenters. The van der Waals surface area contributed by atoms with Gasteiger partial charge in [-0.3, -0.25) is 4.90 Å². The van der Waals surface area contributed by atoms with Gasteiger partial charge in [0.25, 0.3) is 0 Å². The Labute approximate surface area is 172 Å². The summed E-state index contributed by atoms with van der Waals surface area (Å²) in [5, 5.41) is 2.15. The first kappa shape index (κ1) is 19.3. The van der Waals surface area contributed by atoms with Gasteiger partial charge in [0.05, 0.1) is 0 Å². The number of piperazine rings is 1. The number of benzene rings is 2. The van der Waals surface area contributed by atoms with Crippen LogP contribution in [0.2, 0.25) is 5.02 Å². The molecule has 1 aromatic heterocycles. The molecule has 28 heavy (non-hydrogen) atoms. The summed E-state index contributed by atoms with van der Waals surface area (Å²) in [6.45, 7) is 6.22. The van der Waals surface area contributed by atoms with Crippen LogP contribution < -0.4 is 10.6 Å². The van der Waals surface area contributed by atoms with Gasteiger partial charge in [-0.1, -0.05) is 23.7 Å². The minimum Gasteiger partial charge on any atom is -0.369 e. The third kappa shape index (κ3) is 4.52. The molecule has 1 saturated heterocycles. The fraction of sp³-hybridized carbons (Fsp3) is 0.391. The highest BCUT2D eigenvalue weighted by Crippen LogP contribution is 2.22. The van der Waals surface area contributed by atoms with E-state index >= 15 is 0 Å². The van der Waals surface area contributed by atoms with Crippen LogP contribution >= 0.6 is 11.6 Å². The van der Waals surface area contributed by atoms with E-state index in [4.69, 9.17) is 17.3 Å². The van der Waals surface area contributed by atoms with Gasteiger partial charge in [0.2, 0.25) is 0 Å². The van der Waals surface area contributed by atoms with Crippen molar-refractivity contribution in [2.45, 2.75) is 19.3 Å². The number of anilines is 1. The molecule has 5 heteroatoms. The molecular weight excluding hydrogens is 368 g/mol. The van der Waals surface area contributed by atoms with Crippen LogP contribution in [0.3, 0.4) is 0 Å². The van der Waals surface area contributed by atoms with E-state index in [1.54, 1.807) is 0 Å². The first-order valence-electron chi connectivity index (χ1n) is 10.2. The van der Waals surface area contributed by atoms with Crippen LogP contribution in [0.5, 0.6) is 0 Å². The number of aromatic nitrogens is 1. The zero-order chi connectivity index (χ0) is 19.3. The zero-order valence-electron chi connectivity index (χ0n) is 16.3. The number of rotatable bonds is 7. The molecule has 2 heterocycles. The van der Waals surface area contributed by atoms with Crippen molar-refractivity contribution in [1.82, 2.24) is 9.88 Å². The lowest BCUT2D eigenvalue weighted by molar-refractivity contribution is 0.255. The summed E-state index contributed by atoms with van der Waals surface area (Å²) < 4.78 is 0. The van der Waals surface area contributed by atoms with Crippen molar-refractivity contribution in [1.29, 1.82) is 0 Å². The van der Waals surface area contributed by atoms with Gasteiger partial charge in [0.1, 0.15) is 0 Å². The number of nitrogens with one attached hydrogen (secondary N) is 1. The maximum absolute atomic E-state index is 6.13. The number of halogens is 1. The highest BCUT2D eigenvalue weighted by Gasteiger charge is 2.17. The average Bonchev–Trinajstić information content (AvgIpc) is 3.11. The Kier molecular flexibility index (Phi) is 6.20. The average molecular weight is 397 g/mol. The monoisotopic (exact) mass is 396 g/mol. The van der Waals surface area contributed by atoms with Crippen LogP contribution in [0.25, 0.3) is 10.9 Å². The maximum atomic E-state index is 6.13. The number of hydrogen-bond donors (Lipinski definition) is 2. The third-order valence-corrected chi connectivity index (χ3v) is 5.97. The predicted octanol–water partition coefficient (Wildman–Crippen LogP) is 4.08. The Morgan fingerprint density at radius 2 is 1.86 bits per heavy atom. The normalized spacial score (nSPS) is 15.4. The Balaban J connectivity index is 1.27. The van der Waals surface area contributed by atoms with Crippen molar-refractivity contribution in [2.75, 3.05) is 44.2 Å². The largest absolute Gasteiger partial charge is 0.369 e. The third-order valence-electron chi connectivity index (χ3n) is 5.73. The highest BCUT2D eigenvalue weighted by molar-refractivity contribution is 6.30. The molecule has 3 aromatic rings. The summed E-state index contributed by atoms with van der Waals surface area (Å²) in [5.74, 6) is 0. The van der Waals surface area contributed by atoms with Gasteiger partial charge in [-0.2, -0.15) is 0 Å². The van der Waals surface area contributed by atoms with E-state index in [0.717, 1.165) is 50.6 Å². The molecule has 0 bridgehead atoms. The number of aryl methyl sites for hydroxylation is 1. The summed E-state index contributed by atoms with van der Waals surface area (Å²) in [6, 6.07) is 15.0. The van der Waals surface area contributed by atoms with Crippen LogP contribution in [0.15, 0.2) is 48.7 Å². The maximum Gasteiger partial charge on any atom is 0.0456 e. The molecule has 1 aliphatic rings. The van der Waals surface area contributed by atoms with Crippen LogP contribution in [0.4, 0.5) is 5.69 Å². The molecule has 148 valence electrons. The molecule has 4 nitrogen and oxygen atoms in total. The molecule has 0 saturated carbocycles. The van der Waals surface area contributed by atoms with Crippen molar-refractivity contribution >= 4 is 28.2 Å². The first-order chi connectivity index (χ1) is 13.7. The minimum absolute atomic E-state index is 0.693. The van der Waals surface area contributed by atoms with E-state index in [-0.39, 0.29) is 0 Å². The quantitative estimate of drug-likeness (QED) is 0.632. The van der Waals surface area contributed by atoms with E-state index in [2.05, 4.69) is 51.3 Å². The summed E-state index contributed by atoms with van der Waals surface area (Å²) in [5.41, 5.74) is 10.9. The Hall–Kier alpha value is -2.01.